The molecule has 0 aliphatic rings. The van der Waals surface area contributed by atoms with Gasteiger partial charge < -0.3 is 5.11 Å². The van der Waals surface area contributed by atoms with E-state index >= 15 is 0 Å². The van der Waals surface area contributed by atoms with Gasteiger partial charge in [-0.25, -0.2) is 0 Å². The Hall–Kier alpha value is -2.09. The highest BCUT2D eigenvalue weighted by Gasteiger charge is 2.24. The second-order valence-electron chi connectivity index (χ2n) is 5.83. The molecule has 110 valence electrons. The maximum absolute atomic E-state index is 11.8. The summed E-state index contributed by atoms with van der Waals surface area (Å²) in [5.74, 6) is -1.25. The van der Waals surface area contributed by atoms with Crippen molar-refractivity contribution in [2.75, 3.05) is 0 Å². The van der Waals surface area contributed by atoms with Gasteiger partial charge in [0.2, 0.25) is 0 Å². The Morgan fingerprint density at radius 1 is 1.00 bits per heavy atom. The van der Waals surface area contributed by atoms with Gasteiger partial charge in [-0.1, -0.05) is 42.0 Å². The van der Waals surface area contributed by atoms with Crippen LogP contribution in [-0.4, -0.2) is 11.1 Å². The molecule has 2 aromatic rings. The molecule has 0 amide bonds. The molecule has 2 rings (SSSR count). The van der Waals surface area contributed by atoms with Crippen molar-refractivity contribution in [3.05, 3.63) is 69.8 Å². The minimum absolute atomic E-state index is 0.494. The van der Waals surface area contributed by atoms with Crippen molar-refractivity contribution in [3.8, 4) is 0 Å². The smallest absolute Gasteiger partial charge is 0.311 e. The molecule has 0 saturated heterocycles. The lowest BCUT2D eigenvalue weighted by Crippen LogP contribution is -2.17. The van der Waals surface area contributed by atoms with Gasteiger partial charge in [-0.05, 0) is 61.9 Å². The maximum Gasteiger partial charge on any atom is 0.311 e. The number of carboxylic acid groups (broad SMARTS) is 1. The largest absolute Gasteiger partial charge is 0.481 e. The van der Waals surface area contributed by atoms with Crippen molar-refractivity contribution in [2.45, 2.75) is 40.0 Å². The average molecular weight is 282 g/mol. The number of hydrogen-bond acceptors (Lipinski definition) is 1. The van der Waals surface area contributed by atoms with E-state index in [9.17, 15) is 9.90 Å². The molecule has 0 fully saturated rings. The summed E-state index contributed by atoms with van der Waals surface area (Å²) in [6.07, 6.45) is 0.534. The fourth-order valence-corrected chi connectivity index (χ4v) is 3.11. The Morgan fingerprint density at radius 2 is 1.57 bits per heavy atom. The van der Waals surface area contributed by atoms with E-state index in [0.29, 0.717) is 6.42 Å². The second kappa shape index (κ2) is 6.13. The molecule has 0 bridgehead atoms. The van der Waals surface area contributed by atoms with Crippen LogP contribution in [0.4, 0.5) is 0 Å². The fraction of sp³-hybridized carbons (Fsp3) is 0.316. The number of hydrogen-bond donors (Lipinski definition) is 1. The SMILES string of the molecule is Cc1cc(C)c(C(Cc2ccccc2C)C(=O)O)c(C)c1. The van der Waals surface area contributed by atoms with Crippen molar-refractivity contribution in [1.29, 1.82) is 0 Å². The summed E-state index contributed by atoms with van der Waals surface area (Å²) in [6, 6.07) is 12.1. The van der Waals surface area contributed by atoms with Gasteiger partial charge in [0, 0.05) is 0 Å². The van der Waals surface area contributed by atoms with Crippen molar-refractivity contribution in [3.63, 3.8) is 0 Å². The number of carbonyl (C=O) groups is 1. The molecule has 2 nitrogen and oxygen atoms in total. The summed E-state index contributed by atoms with van der Waals surface area (Å²) in [4.78, 5) is 11.8. The van der Waals surface area contributed by atoms with Gasteiger partial charge in [-0.2, -0.15) is 0 Å². The van der Waals surface area contributed by atoms with Crippen LogP contribution in [0.3, 0.4) is 0 Å². The summed E-state index contributed by atoms with van der Waals surface area (Å²) in [5, 5.41) is 9.70. The molecular formula is C19H22O2. The van der Waals surface area contributed by atoms with E-state index in [0.717, 1.165) is 27.8 Å². The molecule has 0 radical (unpaired) electrons. The molecule has 1 atom stereocenters. The summed E-state index contributed by atoms with van der Waals surface area (Å²) >= 11 is 0. The van der Waals surface area contributed by atoms with E-state index in [4.69, 9.17) is 0 Å². The Balaban J connectivity index is 2.46. The van der Waals surface area contributed by atoms with Crippen LogP contribution in [0, 0.1) is 27.7 Å². The van der Waals surface area contributed by atoms with Crippen molar-refractivity contribution >= 4 is 5.97 Å². The number of aliphatic carboxylic acids is 1. The molecule has 0 heterocycles. The van der Waals surface area contributed by atoms with Crippen molar-refractivity contribution < 1.29 is 9.90 Å². The molecule has 2 aromatic carbocycles. The van der Waals surface area contributed by atoms with Crippen LogP contribution in [0.25, 0.3) is 0 Å². The molecular weight excluding hydrogens is 260 g/mol. The summed E-state index contributed by atoms with van der Waals surface area (Å²) in [7, 11) is 0. The van der Waals surface area contributed by atoms with E-state index < -0.39 is 11.9 Å². The van der Waals surface area contributed by atoms with Gasteiger partial charge >= 0.3 is 5.97 Å². The molecule has 0 spiro atoms. The van der Waals surface area contributed by atoms with Crippen LogP contribution in [-0.2, 0) is 11.2 Å². The zero-order chi connectivity index (χ0) is 15.6. The highest BCUT2D eigenvalue weighted by Crippen LogP contribution is 2.29. The minimum atomic E-state index is -0.756. The van der Waals surface area contributed by atoms with E-state index in [1.165, 1.54) is 5.56 Å². The molecule has 21 heavy (non-hydrogen) atoms. The van der Waals surface area contributed by atoms with E-state index in [1.54, 1.807) is 0 Å². The van der Waals surface area contributed by atoms with Gasteiger partial charge in [-0.15, -0.1) is 0 Å². The first-order valence-electron chi connectivity index (χ1n) is 7.25. The number of rotatable bonds is 4. The van der Waals surface area contributed by atoms with Crippen molar-refractivity contribution in [1.82, 2.24) is 0 Å². The van der Waals surface area contributed by atoms with E-state index in [-0.39, 0.29) is 0 Å². The lowest BCUT2D eigenvalue weighted by atomic mass is 9.84. The molecule has 0 aromatic heterocycles. The zero-order valence-electron chi connectivity index (χ0n) is 13.1. The predicted molar refractivity (Wildman–Crippen MR) is 85.9 cm³/mol. The Labute approximate surface area is 126 Å². The molecule has 1 N–H and O–H groups in total. The summed E-state index contributed by atoms with van der Waals surface area (Å²) in [5.41, 5.74) is 6.50. The predicted octanol–water partition coefficient (Wildman–Crippen LogP) is 4.33. The third-order valence-electron chi connectivity index (χ3n) is 4.07. The number of aryl methyl sites for hydroxylation is 4. The molecule has 0 saturated carbocycles. The maximum atomic E-state index is 11.8. The molecule has 2 heteroatoms. The monoisotopic (exact) mass is 282 g/mol. The number of carboxylic acids is 1. The van der Waals surface area contributed by atoms with Crippen LogP contribution in [0.15, 0.2) is 36.4 Å². The summed E-state index contributed by atoms with van der Waals surface area (Å²) in [6.45, 7) is 8.08. The Kier molecular flexibility index (Phi) is 4.46. The highest BCUT2D eigenvalue weighted by atomic mass is 16.4. The van der Waals surface area contributed by atoms with Crippen LogP contribution in [0.1, 0.15) is 39.3 Å². The van der Waals surface area contributed by atoms with Crippen LogP contribution >= 0.6 is 0 Å². The number of benzene rings is 2. The lowest BCUT2D eigenvalue weighted by Gasteiger charge is -2.19. The molecule has 0 aliphatic heterocycles. The van der Waals surface area contributed by atoms with Crippen LogP contribution < -0.4 is 0 Å². The van der Waals surface area contributed by atoms with E-state index in [1.807, 2.05) is 52.0 Å². The topological polar surface area (TPSA) is 37.3 Å². The van der Waals surface area contributed by atoms with Crippen LogP contribution in [0.2, 0.25) is 0 Å². The fourth-order valence-electron chi connectivity index (χ4n) is 3.11. The highest BCUT2D eigenvalue weighted by molar-refractivity contribution is 5.78. The Morgan fingerprint density at radius 3 is 2.10 bits per heavy atom. The average Bonchev–Trinajstić information content (AvgIpc) is 2.38. The van der Waals surface area contributed by atoms with Crippen LogP contribution in [0.5, 0.6) is 0 Å². The van der Waals surface area contributed by atoms with E-state index in [2.05, 4.69) is 12.1 Å². The van der Waals surface area contributed by atoms with Gasteiger partial charge in [0.05, 0.1) is 5.92 Å². The third-order valence-corrected chi connectivity index (χ3v) is 4.07. The van der Waals surface area contributed by atoms with Crippen molar-refractivity contribution in [2.24, 2.45) is 0 Å². The van der Waals surface area contributed by atoms with Gasteiger partial charge in [0.25, 0.3) is 0 Å². The minimum Gasteiger partial charge on any atom is -0.481 e. The quantitative estimate of drug-likeness (QED) is 0.906. The third kappa shape index (κ3) is 3.33. The first-order chi connectivity index (χ1) is 9.90. The lowest BCUT2D eigenvalue weighted by molar-refractivity contribution is -0.138. The molecule has 0 aliphatic carbocycles. The standard InChI is InChI=1S/C19H22O2/c1-12-9-14(3)18(15(4)10-12)17(19(20)21)11-16-8-6-5-7-13(16)2/h5-10,17H,11H2,1-4H3,(H,20,21). The van der Waals surface area contributed by atoms with Gasteiger partial charge in [-0.3, -0.25) is 4.79 Å². The first-order valence-corrected chi connectivity index (χ1v) is 7.25. The summed E-state index contributed by atoms with van der Waals surface area (Å²) < 4.78 is 0. The van der Waals surface area contributed by atoms with Gasteiger partial charge in [0.15, 0.2) is 0 Å². The Bertz CT molecular complexity index is 648. The first kappa shape index (κ1) is 15.3. The normalized spacial score (nSPS) is 12.2. The second-order valence-corrected chi connectivity index (χ2v) is 5.83. The van der Waals surface area contributed by atoms with Gasteiger partial charge in [0.1, 0.15) is 0 Å². The zero-order valence-corrected chi connectivity index (χ0v) is 13.1. The molecule has 1 unspecified atom stereocenters.